The third-order valence-corrected chi connectivity index (χ3v) is 5.75. The van der Waals surface area contributed by atoms with Gasteiger partial charge in [-0.3, -0.25) is 9.59 Å². The molecule has 1 fully saturated rings. The third-order valence-electron chi connectivity index (χ3n) is 5.75. The van der Waals surface area contributed by atoms with Gasteiger partial charge in [0.25, 0.3) is 5.79 Å². The lowest BCUT2D eigenvalue weighted by Gasteiger charge is -2.32. The molecule has 0 radical (unpaired) electrons. The van der Waals surface area contributed by atoms with Gasteiger partial charge in [0.05, 0.1) is 5.92 Å². The van der Waals surface area contributed by atoms with Gasteiger partial charge in [0, 0.05) is 25.7 Å². The SMILES string of the molecule is COC1(OC)C=C(c2ccc3c(c2)OCO3)C([C@@H]2OC(=O)[C@@H](C)[C@H]2C)=CC1=O. The molecule has 1 aromatic rings. The highest BCUT2D eigenvalue weighted by molar-refractivity contribution is 6.06. The van der Waals surface area contributed by atoms with Crippen LogP contribution >= 0.6 is 0 Å². The van der Waals surface area contributed by atoms with Gasteiger partial charge >= 0.3 is 5.97 Å². The minimum Gasteiger partial charge on any atom is -0.457 e. The van der Waals surface area contributed by atoms with Gasteiger partial charge in [-0.1, -0.05) is 19.9 Å². The largest absolute Gasteiger partial charge is 0.457 e. The van der Waals surface area contributed by atoms with Crippen molar-refractivity contribution in [1.29, 1.82) is 0 Å². The molecule has 0 amide bonds. The average Bonchev–Trinajstić information content (AvgIpc) is 3.27. The molecule has 0 N–H and O–H groups in total. The number of benzene rings is 1. The Morgan fingerprint density at radius 1 is 1.07 bits per heavy atom. The lowest BCUT2D eigenvalue weighted by atomic mass is 9.80. The molecule has 0 aromatic heterocycles. The van der Waals surface area contributed by atoms with Gasteiger partial charge < -0.3 is 23.7 Å². The molecule has 148 valence electrons. The fraction of sp³-hybridized carbons (Fsp3) is 0.429. The van der Waals surface area contributed by atoms with E-state index in [0.717, 1.165) is 5.56 Å². The predicted octanol–water partition coefficient (Wildman–Crippen LogP) is 2.49. The molecule has 3 aliphatic rings. The van der Waals surface area contributed by atoms with Gasteiger partial charge in [-0.15, -0.1) is 0 Å². The lowest BCUT2D eigenvalue weighted by Crippen LogP contribution is -2.43. The van der Waals surface area contributed by atoms with Gasteiger partial charge in [0.2, 0.25) is 12.6 Å². The summed E-state index contributed by atoms with van der Waals surface area (Å²) in [6, 6.07) is 5.50. The van der Waals surface area contributed by atoms with Crippen LogP contribution in [0.5, 0.6) is 11.5 Å². The van der Waals surface area contributed by atoms with Gasteiger partial charge in [-0.25, -0.2) is 0 Å². The summed E-state index contributed by atoms with van der Waals surface area (Å²) in [5.41, 5.74) is 2.10. The highest BCUT2D eigenvalue weighted by atomic mass is 16.7. The zero-order valence-electron chi connectivity index (χ0n) is 16.2. The number of carbonyl (C=O) groups is 2. The molecule has 28 heavy (non-hydrogen) atoms. The molecule has 0 saturated carbocycles. The Hall–Kier alpha value is -2.64. The van der Waals surface area contributed by atoms with Crippen LogP contribution in [0.2, 0.25) is 0 Å². The number of hydrogen-bond acceptors (Lipinski definition) is 7. The van der Waals surface area contributed by atoms with E-state index in [1.54, 1.807) is 12.1 Å². The molecule has 1 aliphatic carbocycles. The Balaban J connectivity index is 1.83. The summed E-state index contributed by atoms with van der Waals surface area (Å²) in [6.45, 7) is 3.93. The molecular weight excluding hydrogens is 364 g/mol. The second-order valence-corrected chi connectivity index (χ2v) is 7.17. The van der Waals surface area contributed by atoms with Crippen LogP contribution in [0, 0.1) is 11.8 Å². The Kier molecular flexibility index (Phi) is 4.51. The maximum absolute atomic E-state index is 12.8. The van der Waals surface area contributed by atoms with Crippen molar-refractivity contribution >= 4 is 17.3 Å². The van der Waals surface area contributed by atoms with Crippen molar-refractivity contribution in [2.45, 2.75) is 25.7 Å². The summed E-state index contributed by atoms with van der Waals surface area (Å²) >= 11 is 0. The summed E-state index contributed by atoms with van der Waals surface area (Å²) < 4.78 is 27.3. The van der Waals surface area contributed by atoms with Crippen LogP contribution in [-0.4, -0.2) is 44.7 Å². The number of rotatable bonds is 4. The van der Waals surface area contributed by atoms with Crippen molar-refractivity contribution in [3.8, 4) is 11.5 Å². The van der Waals surface area contributed by atoms with E-state index in [-0.39, 0.29) is 30.4 Å². The molecule has 7 nitrogen and oxygen atoms in total. The molecule has 0 bridgehead atoms. The monoisotopic (exact) mass is 386 g/mol. The number of carbonyl (C=O) groups excluding carboxylic acids is 2. The smallest absolute Gasteiger partial charge is 0.309 e. The summed E-state index contributed by atoms with van der Waals surface area (Å²) in [5, 5.41) is 0. The minimum absolute atomic E-state index is 0.0819. The second kappa shape index (κ2) is 6.76. The molecule has 2 heterocycles. The zero-order chi connectivity index (χ0) is 20.1. The van der Waals surface area contributed by atoms with Gasteiger partial charge in [-0.2, -0.15) is 0 Å². The molecule has 2 aliphatic heterocycles. The molecule has 0 spiro atoms. The minimum atomic E-state index is -1.54. The quantitative estimate of drug-likeness (QED) is 0.581. The summed E-state index contributed by atoms with van der Waals surface area (Å²) in [5.74, 6) is -1.24. The van der Waals surface area contributed by atoms with Crippen molar-refractivity contribution < 1.29 is 33.3 Å². The van der Waals surface area contributed by atoms with E-state index in [0.29, 0.717) is 22.6 Å². The normalized spacial score (nSPS) is 28.1. The topological polar surface area (TPSA) is 80.3 Å². The first-order valence-electron chi connectivity index (χ1n) is 9.10. The zero-order valence-corrected chi connectivity index (χ0v) is 16.2. The third kappa shape index (κ3) is 2.73. The van der Waals surface area contributed by atoms with Gasteiger partial charge in [0.1, 0.15) is 6.10 Å². The molecular formula is C21H22O7. The van der Waals surface area contributed by atoms with Crippen molar-refractivity contribution in [1.82, 2.24) is 0 Å². The van der Waals surface area contributed by atoms with E-state index in [9.17, 15) is 9.59 Å². The summed E-state index contributed by atoms with van der Waals surface area (Å²) in [4.78, 5) is 24.9. The Labute approximate surface area is 162 Å². The number of cyclic esters (lactones) is 1. The standard InChI is InChI=1S/C21H22O7/c1-11-12(2)20(23)28-19(11)14-8-18(22)21(24-3,25-4)9-15(14)13-5-6-16-17(7-13)27-10-26-16/h5-9,11-12,19H,10H2,1-4H3/t11-,12+,19-/m1/s1. The molecule has 1 aromatic carbocycles. The second-order valence-electron chi connectivity index (χ2n) is 7.17. The molecule has 3 atom stereocenters. The summed E-state index contributed by atoms with van der Waals surface area (Å²) in [7, 11) is 2.82. The van der Waals surface area contributed by atoms with Gasteiger partial charge in [-0.05, 0) is 35.4 Å². The van der Waals surface area contributed by atoms with Crippen molar-refractivity contribution in [3.05, 3.63) is 41.5 Å². The van der Waals surface area contributed by atoms with Crippen molar-refractivity contribution in [2.75, 3.05) is 21.0 Å². The van der Waals surface area contributed by atoms with Crippen LogP contribution in [0.3, 0.4) is 0 Å². The number of methoxy groups -OCH3 is 2. The highest BCUT2D eigenvalue weighted by Gasteiger charge is 2.46. The predicted molar refractivity (Wildman–Crippen MR) is 98.6 cm³/mol. The maximum atomic E-state index is 12.8. The Morgan fingerprint density at radius 2 is 1.79 bits per heavy atom. The molecule has 7 heteroatoms. The van der Waals surface area contributed by atoms with E-state index in [2.05, 4.69) is 0 Å². The Morgan fingerprint density at radius 3 is 2.43 bits per heavy atom. The molecule has 1 saturated heterocycles. The first-order valence-corrected chi connectivity index (χ1v) is 9.10. The van der Waals surface area contributed by atoms with Crippen molar-refractivity contribution in [3.63, 3.8) is 0 Å². The van der Waals surface area contributed by atoms with E-state index >= 15 is 0 Å². The first kappa shape index (κ1) is 18.7. The maximum Gasteiger partial charge on any atom is 0.309 e. The number of hydrogen-bond donors (Lipinski definition) is 0. The average molecular weight is 386 g/mol. The highest BCUT2D eigenvalue weighted by Crippen LogP contribution is 2.44. The van der Waals surface area contributed by atoms with E-state index in [1.165, 1.54) is 20.3 Å². The Bertz CT molecular complexity index is 894. The van der Waals surface area contributed by atoms with Crippen LogP contribution < -0.4 is 9.47 Å². The first-order chi connectivity index (χ1) is 13.4. The summed E-state index contributed by atoms with van der Waals surface area (Å²) in [6.07, 6.45) is 2.56. The van der Waals surface area contributed by atoms with Crippen molar-refractivity contribution in [2.24, 2.45) is 11.8 Å². The van der Waals surface area contributed by atoms with Crippen LogP contribution in [-0.2, 0) is 23.8 Å². The van der Waals surface area contributed by atoms with Crippen LogP contribution in [0.15, 0.2) is 35.9 Å². The molecule has 0 unspecified atom stereocenters. The van der Waals surface area contributed by atoms with E-state index in [1.807, 2.05) is 26.0 Å². The lowest BCUT2D eigenvalue weighted by molar-refractivity contribution is -0.181. The fourth-order valence-corrected chi connectivity index (χ4v) is 3.78. The fourth-order valence-electron chi connectivity index (χ4n) is 3.78. The van der Waals surface area contributed by atoms with E-state index < -0.39 is 11.9 Å². The van der Waals surface area contributed by atoms with Crippen LogP contribution in [0.25, 0.3) is 5.57 Å². The number of ketones is 1. The number of esters is 1. The van der Waals surface area contributed by atoms with Crippen LogP contribution in [0.1, 0.15) is 19.4 Å². The molecule has 4 rings (SSSR count). The van der Waals surface area contributed by atoms with E-state index in [4.69, 9.17) is 23.7 Å². The van der Waals surface area contributed by atoms with Crippen LogP contribution in [0.4, 0.5) is 0 Å². The number of ether oxygens (including phenoxy) is 5. The number of fused-ring (bicyclic) bond motifs is 1. The van der Waals surface area contributed by atoms with Gasteiger partial charge in [0.15, 0.2) is 11.5 Å².